The van der Waals surface area contributed by atoms with Gasteiger partial charge in [-0.1, -0.05) is 6.07 Å². The molecule has 2 aromatic heterocycles. The quantitative estimate of drug-likeness (QED) is 0.770. The van der Waals surface area contributed by atoms with Gasteiger partial charge >= 0.3 is 0 Å². The third-order valence-corrected chi connectivity index (χ3v) is 5.32. The summed E-state index contributed by atoms with van der Waals surface area (Å²) in [7, 11) is 0. The van der Waals surface area contributed by atoms with Gasteiger partial charge in [0.15, 0.2) is 0 Å². The van der Waals surface area contributed by atoms with Gasteiger partial charge in [-0.15, -0.1) is 0 Å². The second-order valence-corrected chi connectivity index (χ2v) is 7.01. The second kappa shape index (κ2) is 5.64. The highest BCUT2D eigenvalue weighted by Crippen LogP contribution is 2.30. The lowest BCUT2D eigenvalue weighted by molar-refractivity contribution is 0.137. The molecular weight excluding hydrogens is 298 g/mol. The van der Waals surface area contributed by atoms with Crippen molar-refractivity contribution in [3.63, 3.8) is 0 Å². The molecule has 0 saturated carbocycles. The van der Waals surface area contributed by atoms with E-state index in [1.54, 1.807) is 0 Å². The summed E-state index contributed by atoms with van der Waals surface area (Å²) in [6.45, 7) is 0. The van der Waals surface area contributed by atoms with E-state index in [0.29, 0.717) is 18.2 Å². The molecule has 2 N–H and O–H groups in total. The first-order chi connectivity index (χ1) is 11.8. The van der Waals surface area contributed by atoms with Crippen LogP contribution in [0.4, 0.5) is 0 Å². The van der Waals surface area contributed by atoms with Crippen LogP contribution in [-0.2, 0) is 0 Å². The maximum absolute atomic E-state index is 6.18. The van der Waals surface area contributed by atoms with E-state index in [9.17, 15) is 0 Å². The van der Waals surface area contributed by atoms with Crippen molar-refractivity contribution in [2.45, 2.75) is 43.9 Å². The maximum Gasteiger partial charge on any atom is 0.138 e. The first-order valence-electron chi connectivity index (χ1n) is 8.80. The number of H-pyrrole nitrogens is 1. The molecule has 4 nitrogen and oxygen atoms in total. The third-order valence-electron chi connectivity index (χ3n) is 5.32. The molecule has 4 heteroatoms. The average molecular weight is 319 g/mol. The molecule has 2 aliphatic heterocycles. The Bertz CT molecular complexity index is 843. The van der Waals surface area contributed by atoms with Gasteiger partial charge in [-0.3, -0.25) is 4.98 Å². The monoisotopic (exact) mass is 319 g/mol. The summed E-state index contributed by atoms with van der Waals surface area (Å²) in [5, 5.41) is 4.86. The van der Waals surface area contributed by atoms with Gasteiger partial charge in [-0.05, 0) is 56.0 Å². The molecule has 4 heterocycles. The summed E-state index contributed by atoms with van der Waals surface area (Å²) in [6, 6.07) is 13.9. The van der Waals surface area contributed by atoms with Crippen LogP contribution in [0.3, 0.4) is 0 Å². The Balaban J connectivity index is 1.33. The van der Waals surface area contributed by atoms with Crippen LogP contribution >= 0.6 is 0 Å². The molecule has 0 aliphatic carbocycles. The van der Waals surface area contributed by atoms with Crippen LogP contribution in [0.15, 0.2) is 48.8 Å². The number of ether oxygens (including phenoxy) is 1. The van der Waals surface area contributed by atoms with Gasteiger partial charge in [-0.25, -0.2) is 0 Å². The van der Waals surface area contributed by atoms with E-state index in [1.165, 1.54) is 18.2 Å². The van der Waals surface area contributed by atoms with E-state index >= 15 is 0 Å². The maximum atomic E-state index is 6.18. The van der Waals surface area contributed by atoms with Gasteiger partial charge in [0.25, 0.3) is 0 Å². The Hall–Kier alpha value is -2.33. The van der Waals surface area contributed by atoms with Crippen molar-refractivity contribution in [1.29, 1.82) is 0 Å². The molecule has 2 fully saturated rings. The number of nitrogens with one attached hydrogen (secondary N) is 2. The van der Waals surface area contributed by atoms with Crippen LogP contribution in [0.25, 0.3) is 22.2 Å². The Morgan fingerprint density at radius 3 is 2.67 bits per heavy atom. The van der Waals surface area contributed by atoms with Gasteiger partial charge < -0.3 is 15.0 Å². The smallest absolute Gasteiger partial charge is 0.138 e. The Morgan fingerprint density at radius 1 is 1.00 bits per heavy atom. The molecule has 2 saturated heterocycles. The lowest BCUT2D eigenvalue weighted by atomic mass is 10.0. The minimum absolute atomic E-state index is 0.326. The minimum atomic E-state index is 0.326. The highest BCUT2D eigenvalue weighted by atomic mass is 16.5. The summed E-state index contributed by atoms with van der Waals surface area (Å²) in [5.41, 5.74) is 3.27. The molecule has 0 amide bonds. The highest BCUT2D eigenvalue weighted by Gasteiger charge is 2.34. The van der Waals surface area contributed by atoms with Crippen molar-refractivity contribution in [2.75, 3.05) is 0 Å². The molecule has 1 aromatic carbocycles. The standard InChI is InChI=1S/C20H21N3O/c1-5-19-14(7-8-21-19)9-13(1)20-6-4-17(12-22-20)24-18-10-15-2-3-16(11-18)23-15/h1,4-9,12,15-16,18,21,23H,2-3,10-11H2. The van der Waals surface area contributed by atoms with Crippen molar-refractivity contribution < 1.29 is 4.74 Å². The fourth-order valence-electron chi connectivity index (χ4n) is 4.13. The molecule has 122 valence electrons. The Labute approximate surface area is 141 Å². The molecule has 2 unspecified atom stereocenters. The van der Waals surface area contributed by atoms with Crippen LogP contribution in [-0.4, -0.2) is 28.2 Å². The number of nitrogens with zero attached hydrogens (tertiary/aromatic N) is 1. The van der Waals surface area contributed by atoms with Gasteiger partial charge in [0.05, 0.1) is 11.9 Å². The van der Waals surface area contributed by atoms with Gasteiger partial charge in [-0.2, -0.15) is 0 Å². The Kier molecular flexibility index (Phi) is 3.30. The molecule has 2 atom stereocenters. The van der Waals surface area contributed by atoms with Crippen LogP contribution in [0.1, 0.15) is 25.7 Å². The average Bonchev–Trinajstić information content (AvgIpc) is 3.21. The van der Waals surface area contributed by atoms with Crippen LogP contribution in [0, 0.1) is 0 Å². The predicted octanol–water partition coefficient (Wildman–Crippen LogP) is 3.89. The van der Waals surface area contributed by atoms with Gasteiger partial charge in [0, 0.05) is 34.7 Å². The van der Waals surface area contributed by atoms with Crippen molar-refractivity contribution >= 4 is 10.9 Å². The van der Waals surface area contributed by atoms with Crippen LogP contribution in [0.5, 0.6) is 5.75 Å². The van der Waals surface area contributed by atoms with Crippen molar-refractivity contribution in [2.24, 2.45) is 0 Å². The highest BCUT2D eigenvalue weighted by molar-refractivity contribution is 5.84. The molecule has 0 radical (unpaired) electrons. The fraction of sp³-hybridized carbons (Fsp3) is 0.350. The summed E-state index contributed by atoms with van der Waals surface area (Å²) < 4.78 is 6.18. The number of hydrogen-bond donors (Lipinski definition) is 2. The van der Waals surface area contributed by atoms with Crippen molar-refractivity contribution in [1.82, 2.24) is 15.3 Å². The lowest BCUT2D eigenvalue weighted by Crippen LogP contribution is -2.42. The zero-order valence-corrected chi connectivity index (χ0v) is 13.5. The number of rotatable bonds is 3. The molecule has 3 aromatic rings. The molecule has 2 aliphatic rings. The molecule has 5 rings (SSSR count). The summed E-state index contributed by atoms with van der Waals surface area (Å²) >= 11 is 0. The summed E-state index contributed by atoms with van der Waals surface area (Å²) in [6.07, 6.45) is 8.97. The minimum Gasteiger partial charge on any atom is -0.489 e. The summed E-state index contributed by atoms with van der Waals surface area (Å²) in [4.78, 5) is 7.83. The van der Waals surface area contributed by atoms with E-state index in [-0.39, 0.29) is 0 Å². The molecular formula is C20H21N3O. The number of aromatic amines is 1. The first kappa shape index (κ1) is 14.1. The molecule has 0 spiro atoms. The SMILES string of the molecule is c1cc2cc(-c3ccc(OC4CC5CCC(C4)N5)cn3)ccc2[nH]1. The second-order valence-electron chi connectivity index (χ2n) is 7.01. The zero-order chi connectivity index (χ0) is 15.9. The number of fused-ring (bicyclic) bond motifs is 3. The summed E-state index contributed by atoms with van der Waals surface area (Å²) in [5.74, 6) is 0.882. The molecule has 24 heavy (non-hydrogen) atoms. The topological polar surface area (TPSA) is 49.9 Å². The van der Waals surface area contributed by atoms with E-state index in [4.69, 9.17) is 4.74 Å². The van der Waals surface area contributed by atoms with Crippen molar-refractivity contribution in [3.05, 3.63) is 48.8 Å². The van der Waals surface area contributed by atoms with E-state index < -0.39 is 0 Å². The number of aromatic nitrogens is 2. The third kappa shape index (κ3) is 2.57. The van der Waals surface area contributed by atoms with E-state index in [2.05, 4.69) is 45.6 Å². The zero-order valence-electron chi connectivity index (χ0n) is 13.5. The fourth-order valence-corrected chi connectivity index (χ4v) is 4.13. The largest absolute Gasteiger partial charge is 0.489 e. The van der Waals surface area contributed by atoms with E-state index in [0.717, 1.165) is 35.4 Å². The van der Waals surface area contributed by atoms with E-state index in [1.807, 2.05) is 18.5 Å². The number of benzene rings is 1. The van der Waals surface area contributed by atoms with Gasteiger partial charge in [0.2, 0.25) is 0 Å². The van der Waals surface area contributed by atoms with Crippen LogP contribution < -0.4 is 10.1 Å². The number of pyridine rings is 1. The predicted molar refractivity (Wildman–Crippen MR) is 95.1 cm³/mol. The lowest BCUT2D eigenvalue weighted by Gasteiger charge is -2.29. The van der Waals surface area contributed by atoms with Crippen molar-refractivity contribution in [3.8, 4) is 17.0 Å². The number of hydrogen-bond acceptors (Lipinski definition) is 3. The normalized spacial score (nSPS) is 25.9. The molecule has 2 bridgehead atoms. The van der Waals surface area contributed by atoms with Gasteiger partial charge in [0.1, 0.15) is 11.9 Å². The Morgan fingerprint density at radius 2 is 1.88 bits per heavy atom. The number of piperidine rings is 1. The first-order valence-corrected chi connectivity index (χ1v) is 8.80. The van der Waals surface area contributed by atoms with Crippen LogP contribution in [0.2, 0.25) is 0 Å².